The molecule has 2 aromatic heterocycles. The Morgan fingerprint density at radius 2 is 1.97 bits per heavy atom. The lowest BCUT2D eigenvalue weighted by Gasteiger charge is -2.09. The number of aliphatic hydroxyl groups is 1. The maximum absolute atomic E-state index is 13.7. The molecule has 2 N–H and O–H groups in total. The highest BCUT2D eigenvalue weighted by molar-refractivity contribution is 5.76. The van der Waals surface area contributed by atoms with Gasteiger partial charge >= 0.3 is 0 Å². The number of nitrogens with zero attached hydrogens (tertiary/aromatic N) is 3. The summed E-state index contributed by atoms with van der Waals surface area (Å²) in [6.07, 6.45) is 2.97. The van der Waals surface area contributed by atoms with Gasteiger partial charge in [-0.05, 0) is 29.8 Å². The monoisotopic (exact) mass is 436 g/mol. The van der Waals surface area contributed by atoms with Crippen molar-refractivity contribution in [2.75, 3.05) is 7.11 Å². The van der Waals surface area contributed by atoms with Crippen LogP contribution in [0, 0.1) is 5.82 Å². The van der Waals surface area contributed by atoms with Crippen molar-refractivity contribution in [2.24, 2.45) is 0 Å². The lowest BCUT2D eigenvalue weighted by atomic mass is 10.1. The lowest BCUT2D eigenvalue weighted by Crippen LogP contribution is -2.32. The van der Waals surface area contributed by atoms with Gasteiger partial charge in [0.15, 0.2) is 0 Å². The molecule has 4 rings (SSSR count). The Balaban J connectivity index is 1.57. The van der Waals surface area contributed by atoms with Gasteiger partial charge in [-0.1, -0.05) is 24.3 Å². The first-order valence-corrected chi connectivity index (χ1v) is 9.87. The number of methoxy groups -OCH3 is 1. The van der Waals surface area contributed by atoms with Crippen LogP contribution in [0.5, 0.6) is 5.75 Å². The highest BCUT2D eigenvalue weighted by atomic mass is 19.1. The fraction of sp³-hybridized carbons (Fsp3) is 0.174. The third-order valence-electron chi connectivity index (χ3n) is 5.08. The molecule has 0 bridgehead atoms. The van der Waals surface area contributed by atoms with Gasteiger partial charge in [0.1, 0.15) is 23.6 Å². The maximum Gasteiger partial charge on any atom is 0.277 e. The molecule has 0 radical (unpaired) electrons. The first-order valence-electron chi connectivity index (χ1n) is 9.87. The van der Waals surface area contributed by atoms with Crippen molar-refractivity contribution in [1.29, 1.82) is 0 Å². The van der Waals surface area contributed by atoms with Crippen LogP contribution in [0.4, 0.5) is 4.39 Å². The van der Waals surface area contributed by atoms with E-state index in [2.05, 4.69) is 10.4 Å². The molecule has 9 heteroatoms. The molecule has 8 nitrogen and oxygen atoms in total. The summed E-state index contributed by atoms with van der Waals surface area (Å²) in [6.45, 7) is -0.354. The largest absolute Gasteiger partial charge is 0.497 e. The van der Waals surface area contributed by atoms with Gasteiger partial charge in [0, 0.05) is 30.1 Å². The van der Waals surface area contributed by atoms with Crippen molar-refractivity contribution in [1.82, 2.24) is 19.5 Å². The van der Waals surface area contributed by atoms with E-state index in [1.807, 2.05) is 12.1 Å². The van der Waals surface area contributed by atoms with E-state index in [1.165, 1.54) is 39.7 Å². The molecule has 0 spiro atoms. The van der Waals surface area contributed by atoms with E-state index in [1.54, 1.807) is 25.3 Å². The Bertz CT molecular complexity index is 1330. The van der Waals surface area contributed by atoms with Crippen LogP contribution < -0.4 is 15.6 Å². The summed E-state index contributed by atoms with van der Waals surface area (Å²) in [5.74, 6) is -0.0740. The van der Waals surface area contributed by atoms with Crippen LogP contribution in [0.2, 0.25) is 0 Å². The summed E-state index contributed by atoms with van der Waals surface area (Å²) < 4.78 is 21.3. The molecular formula is C23H21FN4O4. The van der Waals surface area contributed by atoms with Crippen LogP contribution in [-0.4, -0.2) is 32.3 Å². The van der Waals surface area contributed by atoms with E-state index in [0.29, 0.717) is 17.8 Å². The summed E-state index contributed by atoms with van der Waals surface area (Å²) in [7, 11) is 1.58. The summed E-state index contributed by atoms with van der Waals surface area (Å²) in [4.78, 5) is 25.4. The van der Waals surface area contributed by atoms with Gasteiger partial charge in [-0.2, -0.15) is 5.10 Å². The number of ether oxygens (including phenoxy) is 1. The first kappa shape index (κ1) is 21.3. The number of halogens is 1. The fourth-order valence-corrected chi connectivity index (χ4v) is 3.45. The lowest BCUT2D eigenvalue weighted by molar-refractivity contribution is -0.121. The second-order valence-electron chi connectivity index (χ2n) is 7.14. The average molecular weight is 436 g/mol. The van der Waals surface area contributed by atoms with Crippen LogP contribution in [0.25, 0.3) is 16.8 Å². The van der Waals surface area contributed by atoms with E-state index >= 15 is 0 Å². The second kappa shape index (κ2) is 9.03. The van der Waals surface area contributed by atoms with Crippen LogP contribution in [0.3, 0.4) is 0 Å². The quantitative estimate of drug-likeness (QED) is 0.463. The number of benzene rings is 2. The molecule has 0 aliphatic heterocycles. The van der Waals surface area contributed by atoms with E-state index in [0.717, 1.165) is 11.3 Å². The van der Waals surface area contributed by atoms with E-state index < -0.39 is 18.0 Å². The fourth-order valence-electron chi connectivity index (χ4n) is 3.45. The minimum atomic E-state index is -0.480. The van der Waals surface area contributed by atoms with Gasteiger partial charge < -0.3 is 19.7 Å². The van der Waals surface area contributed by atoms with Crippen molar-refractivity contribution in [2.45, 2.75) is 19.7 Å². The predicted octanol–water partition coefficient (Wildman–Crippen LogP) is 2.12. The number of hydrogen-bond acceptors (Lipinski definition) is 5. The Hall–Kier alpha value is -3.98. The topological polar surface area (TPSA) is 97.9 Å². The molecule has 32 heavy (non-hydrogen) atoms. The summed E-state index contributed by atoms with van der Waals surface area (Å²) in [5.41, 5.74) is 1.57. The first-order chi connectivity index (χ1) is 15.5. The molecule has 2 aromatic carbocycles. The molecule has 2 heterocycles. The van der Waals surface area contributed by atoms with Crippen LogP contribution in [-0.2, 0) is 24.5 Å². The highest BCUT2D eigenvalue weighted by Crippen LogP contribution is 2.25. The molecule has 0 aliphatic carbocycles. The number of carbonyl (C=O) groups excluding carboxylic acids is 1. The molecule has 4 aromatic rings. The normalized spacial score (nSPS) is 11.0. The van der Waals surface area contributed by atoms with Gasteiger partial charge in [0.2, 0.25) is 5.91 Å². The Labute approximate surface area is 182 Å². The standard InChI is InChI=1S/C23H21FN4O4/c1-32-18-7-5-15(6-8-18)12-25-20(30)13-27-9-10-28-22(23(27)31)19(14-29)21(26-28)16-3-2-4-17(24)11-16/h2-11,29H,12-14H2,1H3,(H,25,30). The molecule has 164 valence electrons. The van der Waals surface area contributed by atoms with E-state index in [9.17, 15) is 19.1 Å². The van der Waals surface area contributed by atoms with Crippen LogP contribution in [0.15, 0.2) is 65.7 Å². The maximum atomic E-state index is 13.7. The third kappa shape index (κ3) is 4.23. The number of amides is 1. The van der Waals surface area contributed by atoms with Gasteiger partial charge in [0.05, 0.1) is 19.4 Å². The van der Waals surface area contributed by atoms with E-state index in [4.69, 9.17) is 4.74 Å². The molecule has 0 fully saturated rings. The Morgan fingerprint density at radius 3 is 2.66 bits per heavy atom. The number of aromatic nitrogens is 3. The Kier molecular flexibility index (Phi) is 6.00. The molecule has 0 atom stereocenters. The van der Waals surface area contributed by atoms with Crippen molar-refractivity contribution in [3.05, 3.63) is 88.2 Å². The Morgan fingerprint density at radius 1 is 1.19 bits per heavy atom. The zero-order valence-electron chi connectivity index (χ0n) is 17.3. The number of fused-ring (bicyclic) bond motifs is 1. The summed E-state index contributed by atoms with van der Waals surface area (Å²) in [6, 6.07) is 13.0. The molecular weight excluding hydrogens is 415 g/mol. The second-order valence-corrected chi connectivity index (χ2v) is 7.14. The van der Waals surface area contributed by atoms with Crippen LogP contribution >= 0.6 is 0 Å². The summed E-state index contributed by atoms with van der Waals surface area (Å²) >= 11 is 0. The number of rotatable bonds is 7. The smallest absolute Gasteiger partial charge is 0.277 e. The van der Waals surface area contributed by atoms with Gasteiger partial charge in [-0.25, -0.2) is 8.91 Å². The minimum Gasteiger partial charge on any atom is -0.497 e. The number of nitrogens with one attached hydrogen (secondary N) is 1. The predicted molar refractivity (Wildman–Crippen MR) is 116 cm³/mol. The molecule has 0 unspecified atom stereocenters. The van der Waals surface area contributed by atoms with Gasteiger partial charge in [-0.15, -0.1) is 0 Å². The van der Waals surface area contributed by atoms with Gasteiger partial charge in [0.25, 0.3) is 5.56 Å². The number of carbonyl (C=O) groups is 1. The van der Waals surface area contributed by atoms with Crippen molar-refractivity contribution in [3.63, 3.8) is 0 Å². The van der Waals surface area contributed by atoms with Crippen molar-refractivity contribution >= 4 is 11.4 Å². The third-order valence-corrected chi connectivity index (χ3v) is 5.08. The molecule has 0 saturated heterocycles. The zero-order chi connectivity index (χ0) is 22.7. The number of hydrogen-bond donors (Lipinski definition) is 2. The molecule has 0 saturated carbocycles. The SMILES string of the molecule is COc1ccc(CNC(=O)Cn2ccn3nc(-c4cccc(F)c4)c(CO)c3c2=O)cc1. The van der Waals surface area contributed by atoms with Crippen molar-refractivity contribution < 1.29 is 19.0 Å². The average Bonchev–Trinajstić information content (AvgIpc) is 3.19. The molecule has 0 aliphatic rings. The van der Waals surface area contributed by atoms with Gasteiger partial charge in [-0.3, -0.25) is 9.59 Å². The summed E-state index contributed by atoms with van der Waals surface area (Å²) in [5, 5.41) is 17.0. The van der Waals surface area contributed by atoms with Crippen LogP contribution in [0.1, 0.15) is 11.1 Å². The van der Waals surface area contributed by atoms with Crippen molar-refractivity contribution in [3.8, 4) is 17.0 Å². The van der Waals surface area contributed by atoms with E-state index in [-0.39, 0.29) is 23.5 Å². The zero-order valence-corrected chi connectivity index (χ0v) is 17.3. The number of aliphatic hydroxyl groups excluding tert-OH is 1. The molecule has 1 amide bonds. The minimum absolute atomic E-state index is 0.136. The highest BCUT2D eigenvalue weighted by Gasteiger charge is 2.18.